The van der Waals surface area contributed by atoms with E-state index >= 15 is 0 Å². The zero-order valence-corrected chi connectivity index (χ0v) is 11.0. The fraction of sp³-hybridized carbons (Fsp3) is 0.600. The van der Waals surface area contributed by atoms with Gasteiger partial charge in [-0.15, -0.1) is 0 Å². The summed E-state index contributed by atoms with van der Waals surface area (Å²) in [5.74, 6) is 0.595. The molecule has 1 atom stereocenters. The fourth-order valence-electron chi connectivity index (χ4n) is 2.71. The lowest BCUT2D eigenvalue weighted by molar-refractivity contribution is 0.514. The Bertz CT molecular complexity index is 429. The third-order valence-corrected chi connectivity index (χ3v) is 4.00. The lowest BCUT2D eigenvalue weighted by Gasteiger charge is -2.19. The summed E-state index contributed by atoms with van der Waals surface area (Å²) in [6.07, 6.45) is 3.85. The van der Waals surface area contributed by atoms with Crippen LogP contribution >= 0.6 is 0 Å². The van der Waals surface area contributed by atoms with Crippen molar-refractivity contribution in [3.63, 3.8) is 0 Å². The van der Waals surface area contributed by atoms with Crippen LogP contribution in [0.5, 0.6) is 0 Å². The molecule has 2 aliphatic rings. The summed E-state index contributed by atoms with van der Waals surface area (Å²) in [5, 5.41) is 3.57. The molecule has 3 rings (SSSR count). The minimum atomic E-state index is -0.0780. The molecule has 18 heavy (non-hydrogen) atoms. The van der Waals surface area contributed by atoms with E-state index in [1.807, 2.05) is 19.1 Å². The van der Waals surface area contributed by atoms with Crippen LogP contribution in [0.1, 0.15) is 24.8 Å². The van der Waals surface area contributed by atoms with Gasteiger partial charge in [-0.25, -0.2) is 4.39 Å². The van der Waals surface area contributed by atoms with Gasteiger partial charge in [0.2, 0.25) is 0 Å². The monoisotopic (exact) mass is 248 g/mol. The number of hydrogen-bond donors (Lipinski definition) is 1. The average Bonchev–Trinajstić information content (AvgIpc) is 3.05. The van der Waals surface area contributed by atoms with Crippen molar-refractivity contribution >= 4 is 5.69 Å². The van der Waals surface area contributed by atoms with Crippen molar-refractivity contribution in [2.75, 3.05) is 24.5 Å². The number of nitrogens with one attached hydrogen (secondary N) is 1. The van der Waals surface area contributed by atoms with Crippen molar-refractivity contribution in [2.24, 2.45) is 5.92 Å². The smallest absolute Gasteiger partial charge is 0.146 e. The maximum absolute atomic E-state index is 13.9. The molecule has 1 N–H and O–H groups in total. The second-order valence-corrected chi connectivity index (χ2v) is 5.74. The predicted octanol–water partition coefficient (Wildman–Crippen LogP) is 2.71. The highest BCUT2D eigenvalue weighted by atomic mass is 19.1. The van der Waals surface area contributed by atoms with Gasteiger partial charge in [0.25, 0.3) is 0 Å². The molecule has 1 aromatic rings. The minimum absolute atomic E-state index is 0.0780. The number of anilines is 1. The van der Waals surface area contributed by atoms with Crippen LogP contribution in [-0.2, 0) is 0 Å². The highest BCUT2D eigenvalue weighted by Gasteiger charge is 2.27. The lowest BCUT2D eigenvalue weighted by Crippen LogP contribution is -2.27. The fourth-order valence-corrected chi connectivity index (χ4v) is 2.71. The molecule has 3 heteroatoms. The molecule has 1 saturated heterocycles. The largest absolute Gasteiger partial charge is 0.369 e. The Labute approximate surface area is 108 Å². The first-order valence-corrected chi connectivity index (χ1v) is 6.97. The molecular weight excluding hydrogens is 227 g/mol. The summed E-state index contributed by atoms with van der Waals surface area (Å²) in [5.41, 5.74) is 1.76. The van der Waals surface area contributed by atoms with Crippen molar-refractivity contribution < 1.29 is 4.39 Å². The van der Waals surface area contributed by atoms with E-state index in [4.69, 9.17) is 0 Å². The first kappa shape index (κ1) is 12.0. The molecule has 0 radical (unpaired) electrons. The summed E-state index contributed by atoms with van der Waals surface area (Å²) in [7, 11) is 0. The standard InChI is InChI=1S/C15H21FN2/c1-11-2-5-15(14(16)8-11)18-7-6-12(10-18)9-17-13-3-4-13/h2,5,8,12-13,17H,3-4,6-7,9-10H2,1H3. The normalized spacial score (nSPS) is 23.7. The van der Waals surface area contributed by atoms with Crippen LogP contribution < -0.4 is 10.2 Å². The van der Waals surface area contributed by atoms with Crippen molar-refractivity contribution in [3.8, 4) is 0 Å². The van der Waals surface area contributed by atoms with Crippen molar-refractivity contribution in [3.05, 3.63) is 29.6 Å². The summed E-state index contributed by atoms with van der Waals surface area (Å²) < 4.78 is 13.9. The van der Waals surface area contributed by atoms with Crippen LogP contribution in [0.4, 0.5) is 10.1 Å². The highest BCUT2D eigenvalue weighted by Crippen LogP contribution is 2.27. The van der Waals surface area contributed by atoms with E-state index in [-0.39, 0.29) is 5.82 Å². The molecule has 1 heterocycles. The van der Waals surface area contributed by atoms with E-state index in [2.05, 4.69) is 10.2 Å². The van der Waals surface area contributed by atoms with Gasteiger partial charge in [-0.3, -0.25) is 0 Å². The Hall–Kier alpha value is -1.09. The number of rotatable bonds is 4. The van der Waals surface area contributed by atoms with Gasteiger partial charge in [-0.05, 0) is 56.3 Å². The van der Waals surface area contributed by atoms with Crippen LogP contribution in [0.2, 0.25) is 0 Å². The van der Waals surface area contributed by atoms with Crippen LogP contribution in [-0.4, -0.2) is 25.7 Å². The lowest BCUT2D eigenvalue weighted by atomic mass is 10.1. The van der Waals surface area contributed by atoms with Crippen molar-refractivity contribution in [2.45, 2.75) is 32.2 Å². The van der Waals surface area contributed by atoms with E-state index in [0.717, 1.165) is 36.9 Å². The molecule has 1 aliphatic heterocycles. The molecule has 0 aromatic heterocycles. The molecule has 1 saturated carbocycles. The predicted molar refractivity (Wildman–Crippen MR) is 72.5 cm³/mol. The number of aryl methyl sites for hydroxylation is 1. The van der Waals surface area contributed by atoms with Gasteiger partial charge < -0.3 is 10.2 Å². The zero-order chi connectivity index (χ0) is 12.5. The first-order valence-electron chi connectivity index (χ1n) is 6.97. The molecule has 98 valence electrons. The number of halogens is 1. The van der Waals surface area contributed by atoms with Crippen molar-refractivity contribution in [1.82, 2.24) is 5.32 Å². The second-order valence-electron chi connectivity index (χ2n) is 5.74. The van der Waals surface area contributed by atoms with Gasteiger partial charge in [0, 0.05) is 19.1 Å². The van der Waals surface area contributed by atoms with E-state index in [9.17, 15) is 4.39 Å². The molecule has 0 amide bonds. The summed E-state index contributed by atoms with van der Waals surface area (Å²) >= 11 is 0. The molecule has 2 nitrogen and oxygen atoms in total. The molecule has 1 aromatic carbocycles. The Kier molecular flexibility index (Phi) is 3.25. The van der Waals surface area contributed by atoms with Crippen molar-refractivity contribution in [1.29, 1.82) is 0 Å². The number of nitrogens with zero attached hydrogens (tertiary/aromatic N) is 1. The quantitative estimate of drug-likeness (QED) is 0.881. The minimum Gasteiger partial charge on any atom is -0.369 e. The third-order valence-electron chi connectivity index (χ3n) is 4.00. The van der Waals surface area contributed by atoms with Gasteiger partial charge in [-0.1, -0.05) is 6.07 Å². The second kappa shape index (κ2) is 4.88. The first-order chi connectivity index (χ1) is 8.72. The van der Waals surface area contributed by atoms with Crippen LogP contribution in [0.25, 0.3) is 0 Å². The number of benzene rings is 1. The average molecular weight is 248 g/mol. The van der Waals surface area contributed by atoms with Gasteiger partial charge in [0.15, 0.2) is 0 Å². The highest BCUT2D eigenvalue weighted by molar-refractivity contribution is 5.49. The Morgan fingerprint density at radius 3 is 2.89 bits per heavy atom. The topological polar surface area (TPSA) is 15.3 Å². The molecule has 0 spiro atoms. The van der Waals surface area contributed by atoms with Gasteiger partial charge in [-0.2, -0.15) is 0 Å². The van der Waals surface area contributed by atoms with Gasteiger partial charge >= 0.3 is 0 Å². The van der Waals surface area contributed by atoms with E-state index in [1.54, 1.807) is 6.07 Å². The molecule has 1 aliphatic carbocycles. The Morgan fingerprint density at radius 1 is 1.33 bits per heavy atom. The van der Waals surface area contributed by atoms with Crippen LogP contribution in [0.15, 0.2) is 18.2 Å². The summed E-state index contributed by atoms with van der Waals surface area (Å²) in [6.45, 7) is 4.99. The summed E-state index contributed by atoms with van der Waals surface area (Å²) in [6, 6.07) is 6.32. The maximum Gasteiger partial charge on any atom is 0.146 e. The van der Waals surface area contributed by atoms with Gasteiger partial charge in [0.05, 0.1) is 5.69 Å². The zero-order valence-electron chi connectivity index (χ0n) is 11.0. The molecule has 0 bridgehead atoms. The van der Waals surface area contributed by atoms with E-state index in [0.29, 0.717) is 5.92 Å². The molecule has 1 unspecified atom stereocenters. The Morgan fingerprint density at radius 2 is 2.17 bits per heavy atom. The SMILES string of the molecule is Cc1ccc(N2CCC(CNC3CC3)C2)c(F)c1. The summed E-state index contributed by atoms with van der Waals surface area (Å²) in [4.78, 5) is 2.19. The van der Waals surface area contributed by atoms with Crippen LogP contribution in [0, 0.1) is 18.7 Å². The molecular formula is C15H21FN2. The van der Waals surface area contributed by atoms with Crippen LogP contribution in [0.3, 0.4) is 0 Å². The van der Waals surface area contributed by atoms with E-state index < -0.39 is 0 Å². The van der Waals surface area contributed by atoms with E-state index in [1.165, 1.54) is 19.3 Å². The Balaban J connectivity index is 1.59. The van der Waals surface area contributed by atoms with Gasteiger partial charge in [0.1, 0.15) is 5.82 Å². The third kappa shape index (κ3) is 2.66. The maximum atomic E-state index is 13.9. The number of hydrogen-bond acceptors (Lipinski definition) is 2. The molecule has 2 fully saturated rings.